The summed E-state index contributed by atoms with van der Waals surface area (Å²) in [5.74, 6) is -1.06. The van der Waals surface area contributed by atoms with Gasteiger partial charge < -0.3 is 4.98 Å². The molecule has 2 aromatic rings. The lowest BCUT2D eigenvalue weighted by Gasteiger charge is -2.12. The second kappa shape index (κ2) is 4.48. The summed E-state index contributed by atoms with van der Waals surface area (Å²) in [5.41, 5.74) is -3.78. The van der Waals surface area contributed by atoms with Crippen LogP contribution >= 0.6 is 11.6 Å². The number of aryl methyl sites for hydroxylation is 1. The molecule has 0 saturated heterocycles. The Labute approximate surface area is 109 Å². The zero-order chi connectivity index (χ0) is 14.4. The summed E-state index contributed by atoms with van der Waals surface area (Å²) < 4.78 is 52.0. The number of alkyl halides is 4. The number of nitrogens with zero attached hydrogens (tertiary/aromatic N) is 1. The van der Waals surface area contributed by atoms with E-state index in [0.717, 1.165) is 13.1 Å². The second-order valence-corrected chi connectivity index (χ2v) is 4.17. The number of nitrogens with one attached hydrogen (secondary N) is 1. The van der Waals surface area contributed by atoms with Gasteiger partial charge in [0.2, 0.25) is 0 Å². The Morgan fingerprint density at radius 2 is 2.05 bits per heavy atom. The third-order valence-corrected chi connectivity index (χ3v) is 3.00. The molecule has 0 aliphatic heterocycles. The summed E-state index contributed by atoms with van der Waals surface area (Å²) in [6.45, 7) is 1.08. The van der Waals surface area contributed by atoms with Crippen molar-refractivity contribution in [2.45, 2.75) is 19.0 Å². The maximum atomic E-state index is 13.9. The fraction of sp³-hybridized carbons (Fsp3) is 0.273. The van der Waals surface area contributed by atoms with Crippen molar-refractivity contribution in [2.24, 2.45) is 0 Å². The van der Waals surface area contributed by atoms with Gasteiger partial charge in [0.25, 0.3) is 5.56 Å². The van der Waals surface area contributed by atoms with Crippen molar-refractivity contribution in [3.63, 3.8) is 0 Å². The Balaban J connectivity index is 2.93. The van der Waals surface area contributed by atoms with Crippen LogP contribution in [0.1, 0.15) is 16.7 Å². The number of halogens is 5. The molecule has 0 aliphatic rings. The highest BCUT2D eigenvalue weighted by atomic mass is 35.5. The number of hydrogen-bond donors (Lipinski definition) is 1. The van der Waals surface area contributed by atoms with Gasteiger partial charge in [0, 0.05) is 11.8 Å². The highest BCUT2D eigenvalue weighted by Gasteiger charge is 2.37. The number of fused-ring (bicyclic) bond motifs is 1. The lowest BCUT2D eigenvalue weighted by atomic mass is 10.1. The first-order chi connectivity index (χ1) is 8.77. The van der Waals surface area contributed by atoms with Crippen molar-refractivity contribution in [2.75, 3.05) is 0 Å². The summed E-state index contributed by atoms with van der Waals surface area (Å²) in [4.78, 5) is 17.1. The van der Waals surface area contributed by atoms with Crippen LogP contribution in [0.25, 0.3) is 11.0 Å². The van der Waals surface area contributed by atoms with Gasteiger partial charge in [-0.2, -0.15) is 13.2 Å². The Kier molecular flexibility index (Phi) is 3.25. The van der Waals surface area contributed by atoms with Gasteiger partial charge in [-0.15, -0.1) is 11.6 Å². The summed E-state index contributed by atoms with van der Waals surface area (Å²) in [6, 6.07) is 0. The molecule has 1 N–H and O–H groups in total. The summed E-state index contributed by atoms with van der Waals surface area (Å²) in [6.07, 6.45) is -3.77. The molecule has 0 radical (unpaired) electrons. The molecular formula is C11H7ClF4N2O. The first kappa shape index (κ1) is 13.8. The zero-order valence-corrected chi connectivity index (χ0v) is 10.3. The minimum atomic E-state index is -4.82. The molecule has 2 rings (SSSR count). The number of pyridine rings is 2. The van der Waals surface area contributed by atoms with Gasteiger partial charge in [-0.3, -0.25) is 9.78 Å². The third-order valence-electron chi connectivity index (χ3n) is 2.71. The van der Waals surface area contributed by atoms with Crippen LogP contribution in [0.5, 0.6) is 0 Å². The van der Waals surface area contributed by atoms with Crippen LogP contribution in [0.4, 0.5) is 17.6 Å². The normalized spacial score (nSPS) is 12.1. The Bertz CT molecular complexity index is 708. The summed E-state index contributed by atoms with van der Waals surface area (Å²) in [5, 5.41) is 0. The maximum Gasteiger partial charge on any atom is 0.422 e. The van der Waals surface area contributed by atoms with Gasteiger partial charge >= 0.3 is 6.18 Å². The number of rotatable bonds is 1. The molecule has 0 spiro atoms. The van der Waals surface area contributed by atoms with Gasteiger partial charge in [-0.25, -0.2) is 4.39 Å². The Hall–Kier alpha value is -1.63. The van der Waals surface area contributed by atoms with E-state index < -0.39 is 28.7 Å². The molecule has 0 unspecified atom stereocenters. The van der Waals surface area contributed by atoms with Crippen LogP contribution in [0, 0.1) is 12.7 Å². The van der Waals surface area contributed by atoms with Crippen LogP contribution in [0.2, 0.25) is 0 Å². The average Bonchev–Trinajstić information content (AvgIpc) is 2.29. The van der Waals surface area contributed by atoms with Crippen molar-refractivity contribution in [1.82, 2.24) is 9.97 Å². The predicted molar refractivity (Wildman–Crippen MR) is 61.6 cm³/mol. The van der Waals surface area contributed by atoms with Crippen LogP contribution in [-0.4, -0.2) is 9.97 Å². The minimum Gasteiger partial charge on any atom is -0.318 e. The van der Waals surface area contributed by atoms with Gasteiger partial charge in [0.05, 0.1) is 11.4 Å². The lowest BCUT2D eigenvalue weighted by Crippen LogP contribution is -2.24. The van der Waals surface area contributed by atoms with Crippen LogP contribution < -0.4 is 5.56 Å². The highest BCUT2D eigenvalue weighted by Crippen LogP contribution is 2.31. The van der Waals surface area contributed by atoms with Crippen LogP contribution in [0.15, 0.2) is 11.0 Å². The van der Waals surface area contributed by atoms with E-state index in [2.05, 4.69) is 4.98 Å². The van der Waals surface area contributed by atoms with E-state index >= 15 is 0 Å². The Morgan fingerprint density at radius 3 is 2.58 bits per heavy atom. The summed E-state index contributed by atoms with van der Waals surface area (Å²) in [7, 11) is 0. The summed E-state index contributed by atoms with van der Waals surface area (Å²) >= 11 is 5.46. The Morgan fingerprint density at radius 1 is 1.42 bits per heavy atom. The number of H-pyrrole nitrogens is 1. The molecule has 0 fully saturated rings. The first-order valence-corrected chi connectivity index (χ1v) is 5.64. The van der Waals surface area contributed by atoms with Gasteiger partial charge in [-0.05, 0) is 12.5 Å². The van der Waals surface area contributed by atoms with Crippen molar-refractivity contribution < 1.29 is 17.6 Å². The van der Waals surface area contributed by atoms with Crippen molar-refractivity contribution in [3.8, 4) is 0 Å². The standard InChI is InChI=1S/C11H7ClF4N2O/c1-4-6(11(14,15)16)10(19)18-9-7(13)5(2-12)3-17-8(4)9/h3H,2H2,1H3,(H,18,19). The second-order valence-electron chi connectivity index (χ2n) is 3.91. The van der Waals surface area contributed by atoms with Gasteiger partial charge in [0.15, 0.2) is 5.82 Å². The molecule has 0 bridgehead atoms. The molecular weight excluding hydrogens is 288 g/mol. The molecule has 2 heterocycles. The monoisotopic (exact) mass is 294 g/mol. The number of aromatic amines is 1. The SMILES string of the molecule is Cc1c(C(F)(F)F)c(=O)[nH]c2c(F)c(CCl)cnc12. The van der Waals surface area contributed by atoms with Crippen LogP contribution in [-0.2, 0) is 12.1 Å². The molecule has 19 heavy (non-hydrogen) atoms. The molecule has 102 valence electrons. The largest absolute Gasteiger partial charge is 0.422 e. The number of aromatic nitrogens is 2. The predicted octanol–water partition coefficient (Wildman–Crippen LogP) is 3.13. The molecule has 2 aromatic heterocycles. The van der Waals surface area contributed by atoms with E-state index in [-0.39, 0.29) is 22.5 Å². The zero-order valence-electron chi connectivity index (χ0n) is 9.53. The van der Waals surface area contributed by atoms with Crippen molar-refractivity contribution in [3.05, 3.63) is 39.1 Å². The smallest absolute Gasteiger partial charge is 0.318 e. The molecule has 0 aromatic carbocycles. The minimum absolute atomic E-state index is 0.00368. The van der Waals surface area contributed by atoms with E-state index in [1.54, 1.807) is 0 Å². The van der Waals surface area contributed by atoms with Gasteiger partial charge in [0.1, 0.15) is 11.1 Å². The van der Waals surface area contributed by atoms with E-state index in [4.69, 9.17) is 11.6 Å². The van der Waals surface area contributed by atoms with E-state index in [1.165, 1.54) is 0 Å². The van der Waals surface area contributed by atoms with Crippen LogP contribution in [0.3, 0.4) is 0 Å². The number of hydrogen-bond acceptors (Lipinski definition) is 2. The van der Waals surface area contributed by atoms with Crippen molar-refractivity contribution in [1.29, 1.82) is 0 Å². The fourth-order valence-corrected chi connectivity index (χ4v) is 2.01. The molecule has 3 nitrogen and oxygen atoms in total. The molecule has 0 amide bonds. The quantitative estimate of drug-likeness (QED) is 0.649. The van der Waals surface area contributed by atoms with E-state index in [9.17, 15) is 22.4 Å². The third kappa shape index (κ3) is 2.18. The first-order valence-electron chi connectivity index (χ1n) is 5.10. The van der Waals surface area contributed by atoms with Crippen molar-refractivity contribution >= 4 is 22.6 Å². The molecule has 0 saturated carbocycles. The molecule has 0 aliphatic carbocycles. The average molecular weight is 295 g/mol. The lowest BCUT2D eigenvalue weighted by molar-refractivity contribution is -0.139. The van der Waals surface area contributed by atoms with E-state index in [1.807, 2.05) is 4.98 Å². The fourth-order valence-electron chi connectivity index (χ4n) is 1.83. The molecule has 0 atom stereocenters. The van der Waals surface area contributed by atoms with Gasteiger partial charge in [-0.1, -0.05) is 0 Å². The maximum absolute atomic E-state index is 13.9. The molecule has 8 heteroatoms. The highest BCUT2D eigenvalue weighted by molar-refractivity contribution is 6.17. The topological polar surface area (TPSA) is 45.8 Å². The van der Waals surface area contributed by atoms with E-state index in [0.29, 0.717) is 0 Å².